The zero-order chi connectivity index (χ0) is 21.5. The van der Waals surface area contributed by atoms with Crippen molar-refractivity contribution >= 4 is 5.91 Å². The summed E-state index contributed by atoms with van der Waals surface area (Å²) in [5, 5.41) is 20.9. The van der Waals surface area contributed by atoms with E-state index < -0.39 is 23.6 Å². The molecule has 3 aromatic rings. The number of benzene rings is 3. The van der Waals surface area contributed by atoms with Gasteiger partial charge in [-0.3, -0.25) is 4.79 Å². The lowest BCUT2D eigenvalue weighted by molar-refractivity contribution is 0.0944. The maximum atomic E-state index is 13.9. The second-order valence-electron chi connectivity index (χ2n) is 6.29. The van der Waals surface area contributed by atoms with Crippen LogP contribution < -0.4 is 10.1 Å². The van der Waals surface area contributed by atoms with Crippen molar-refractivity contribution in [3.63, 3.8) is 0 Å². The molecule has 5 nitrogen and oxygen atoms in total. The minimum atomic E-state index is -1.29. The Hall–Kier alpha value is -4.23. The van der Waals surface area contributed by atoms with E-state index in [-0.39, 0.29) is 17.7 Å². The van der Waals surface area contributed by atoms with Gasteiger partial charge in [-0.25, -0.2) is 8.78 Å². The van der Waals surface area contributed by atoms with Gasteiger partial charge in [0, 0.05) is 22.8 Å². The predicted molar refractivity (Wildman–Crippen MR) is 104 cm³/mol. The van der Waals surface area contributed by atoms with Gasteiger partial charge in [-0.05, 0) is 30.3 Å². The third-order valence-electron chi connectivity index (χ3n) is 4.31. The van der Waals surface area contributed by atoms with E-state index in [2.05, 4.69) is 11.4 Å². The van der Waals surface area contributed by atoms with Crippen LogP contribution in [0.25, 0.3) is 0 Å². The van der Waals surface area contributed by atoms with Crippen LogP contribution in [0.4, 0.5) is 8.78 Å². The lowest BCUT2D eigenvalue weighted by atomic mass is 10.1. The van der Waals surface area contributed by atoms with E-state index in [1.807, 2.05) is 0 Å². The first-order chi connectivity index (χ1) is 14.5. The number of amides is 1. The summed E-state index contributed by atoms with van der Waals surface area (Å²) in [5.74, 6) is -1.93. The highest BCUT2D eigenvalue weighted by molar-refractivity contribution is 5.95. The maximum Gasteiger partial charge on any atom is 0.252 e. The monoisotopic (exact) mass is 403 g/mol. The molecule has 1 N–H and O–H groups in total. The number of carbonyl (C=O) groups excluding carboxylic acids is 1. The third kappa shape index (κ3) is 4.78. The number of ether oxygens (including phenoxy) is 1. The smallest absolute Gasteiger partial charge is 0.252 e. The Morgan fingerprint density at radius 2 is 1.83 bits per heavy atom. The van der Waals surface area contributed by atoms with Gasteiger partial charge in [0.05, 0.1) is 17.7 Å². The van der Waals surface area contributed by atoms with Crippen LogP contribution in [0.2, 0.25) is 0 Å². The van der Waals surface area contributed by atoms with Crippen LogP contribution in [0, 0.1) is 34.3 Å². The average Bonchev–Trinajstić information content (AvgIpc) is 2.76. The van der Waals surface area contributed by atoms with Gasteiger partial charge < -0.3 is 10.1 Å². The van der Waals surface area contributed by atoms with Crippen LogP contribution >= 0.6 is 0 Å². The molecule has 30 heavy (non-hydrogen) atoms. The average molecular weight is 403 g/mol. The van der Waals surface area contributed by atoms with Crippen LogP contribution in [0.15, 0.2) is 66.7 Å². The Kier molecular flexibility index (Phi) is 6.36. The zero-order valence-corrected chi connectivity index (χ0v) is 15.6. The Morgan fingerprint density at radius 1 is 1.03 bits per heavy atom. The summed E-state index contributed by atoms with van der Waals surface area (Å²) in [6, 6.07) is 18.6. The van der Waals surface area contributed by atoms with Gasteiger partial charge in [0.2, 0.25) is 0 Å². The van der Waals surface area contributed by atoms with Crippen LogP contribution in [-0.4, -0.2) is 5.91 Å². The molecule has 0 radical (unpaired) electrons. The molecule has 1 amide bonds. The van der Waals surface area contributed by atoms with Gasteiger partial charge in [-0.15, -0.1) is 0 Å². The van der Waals surface area contributed by atoms with Gasteiger partial charge in [-0.1, -0.05) is 30.3 Å². The lowest BCUT2D eigenvalue weighted by Crippen LogP contribution is -2.28. The summed E-state index contributed by atoms with van der Waals surface area (Å²) in [4.78, 5) is 12.5. The van der Waals surface area contributed by atoms with Crippen molar-refractivity contribution in [2.45, 2.75) is 12.6 Å². The van der Waals surface area contributed by atoms with Crippen LogP contribution in [0.3, 0.4) is 0 Å². The predicted octanol–water partition coefficient (Wildman–Crippen LogP) is 4.41. The highest BCUT2D eigenvalue weighted by Crippen LogP contribution is 2.20. The highest BCUT2D eigenvalue weighted by atomic mass is 19.1. The van der Waals surface area contributed by atoms with Gasteiger partial charge >= 0.3 is 0 Å². The van der Waals surface area contributed by atoms with Crippen molar-refractivity contribution in [2.24, 2.45) is 0 Å². The van der Waals surface area contributed by atoms with Crippen LogP contribution in [0.5, 0.6) is 5.75 Å². The second-order valence-corrected chi connectivity index (χ2v) is 6.29. The van der Waals surface area contributed by atoms with Crippen molar-refractivity contribution in [2.75, 3.05) is 0 Å². The van der Waals surface area contributed by atoms with Crippen LogP contribution in [-0.2, 0) is 6.61 Å². The normalized spacial score (nSPS) is 11.1. The molecule has 3 rings (SSSR count). The number of hydrogen-bond acceptors (Lipinski definition) is 4. The first kappa shape index (κ1) is 20.5. The van der Waals surface area contributed by atoms with Crippen molar-refractivity contribution in [1.29, 1.82) is 10.5 Å². The van der Waals surface area contributed by atoms with Gasteiger partial charge in [0.1, 0.15) is 30.0 Å². The molecule has 0 aliphatic carbocycles. The SMILES string of the molecule is N#Cc1ccccc1COc1cccc(C(=O)NC(C#N)c2ccc(F)cc2F)c1. The summed E-state index contributed by atoms with van der Waals surface area (Å²) in [6.07, 6.45) is 0. The zero-order valence-electron chi connectivity index (χ0n) is 15.6. The van der Waals surface area contributed by atoms with Crippen molar-refractivity contribution in [3.8, 4) is 17.9 Å². The molecule has 1 unspecified atom stereocenters. The molecule has 0 saturated heterocycles. The van der Waals surface area contributed by atoms with E-state index in [0.29, 0.717) is 22.9 Å². The molecule has 0 heterocycles. The van der Waals surface area contributed by atoms with E-state index in [1.165, 1.54) is 12.1 Å². The number of nitrogens with one attached hydrogen (secondary N) is 1. The minimum Gasteiger partial charge on any atom is -0.489 e. The number of rotatable bonds is 6. The van der Waals surface area contributed by atoms with Gasteiger partial charge in [-0.2, -0.15) is 10.5 Å². The van der Waals surface area contributed by atoms with E-state index in [4.69, 9.17) is 10.00 Å². The molecule has 0 aromatic heterocycles. The fourth-order valence-corrected chi connectivity index (χ4v) is 2.77. The molecule has 0 aliphatic rings. The molecule has 1 atom stereocenters. The van der Waals surface area contributed by atoms with Crippen molar-refractivity contribution < 1.29 is 18.3 Å². The van der Waals surface area contributed by atoms with Gasteiger partial charge in [0.25, 0.3) is 5.91 Å². The standard InChI is InChI=1S/C23H15F2N3O2/c24-18-8-9-20(21(25)11-18)22(13-27)28-23(29)15-6-3-7-19(10-15)30-14-17-5-2-1-4-16(17)12-26/h1-11,22H,14H2,(H,28,29). The van der Waals surface area contributed by atoms with Gasteiger partial charge in [0.15, 0.2) is 0 Å². The van der Waals surface area contributed by atoms with Crippen molar-refractivity contribution in [1.82, 2.24) is 5.32 Å². The molecule has 3 aromatic carbocycles. The molecule has 7 heteroatoms. The lowest BCUT2D eigenvalue weighted by Gasteiger charge is -2.14. The largest absolute Gasteiger partial charge is 0.489 e. The Morgan fingerprint density at radius 3 is 2.57 bits per heavy atom. The van der Waals surface area contributed by atoms with E-state index in [9.17, 15) is 18.8 Å². The molecule has 0 fully saturated rings. The molecule has 0 saturated carbocycles. The Balaban J connectivity index is 1.72. The van der Waals surface area contributed by atoms with E-state index >= 15 is 0 Å². The van der Waals surface area contributed by atoms with Crippen LogP contribution in [0.1, 0.15) is 33.1 Å². The topological polar surface area (TPSA) is 85.9 Å². The first-order valence-electron chi connectivity index (χ1n) is 8.88. The number of nitrogens with zero attached hydrogens (tertiary/aromatic N) is 2. The van der Waals surface area contributed by atoms with Crippen molar-refractivity contribution in [3.05, 3.63) is 101 Å². The summed E-state index contributed by atoms with van der Waals surface area (Å²) in [6.45, 7) is 0.135. The number of carbonyl (C=O) groups is 1. The summed E-state index contributed by atoms with van der Waals surface area (Å²) >= 11 is 0. The fourth-order valence-electron chi connectivity index (χ4n) is 2.77. The molecule has 0 aliphatic heterocycles. The summed E-state index contributed by atoms with van der Waals surface area (Å²) in [7, 11) is 0. The number of nitriles is 2. The summed E-state index contributed by atoms with van der Waals surface area (Å²) in [5.41, 5.74) is 1.26. The van der Waals surface area contributed by atoms with E-state index in [1.54, 1.807) is 42.5 Å². The maximum absolute atomic E-state index is 13.9. The second kappa shape index (κ2) is 9.31. The Bertz CT molecular complexity index is 1170. The molecular weight excluding hydrogens is 388 g/mol. The number of hydrogen-bond donors (Lipinski definition) is 1. The molecular formula is C23H15F2N3O2. The number of halogens is 2. The molecule has 148 valence electrons. The summed E-state index contributed by atoms with van der Waals surface area (Å²) < 4.78 is 32.7. The first-order valence-corrected chi connectivity index (χ1v) is 8.88. The van der Waals surface area contributed by atoms with E-state index in [0.717, 1.165) is 12.1 Å². The molecule has 0 spiro atoms. The Labute approximate surface area is 171 Å². The highest BCUT2D eigenvalue weighted by Gasteiger charge is 2.19. The fraction of sp³-hybridized carbons (Fsp3) is 0.0870. The third-order valence-corrected chi connectivity index (χ3v) is 4.31. The minimum absolute atomic E-state index is 0.132. The quantitative estimate of drug-likeness (QED) is 0.661. The molecule has 0 bridgehead atoms.